The summed E-state index contributed by atoms with van der Waals surface area (Å²) in [6, 6.07) is 7.34. The van der Waals surface area contributed by atoms with E-state index < -0.39 is 17.4 Å². The number of anilines is 2. The normalized spacial score (nSPS) is 19.3. The Labute approximate surface area is 223 Å². The molecule has 0 bridgehead atoms. The Morgan fingerprint density at radius 3 is 2.63 bits per heavy atom. The van der Waals surface area contributed by atoms with Gasteiger partial charge in [-0.1, -0.05) is 19.1 Å². The van der Waals surface area contributed by atoms with Crippen LogP contribution in [-0.4, -0.2) is 45.7 Å². The SMILES string of the molecule is Cc1cc(NC(=O)C(=O)N2CC(C)CCC2c2ccc3c(c2)CCC(=O)N3)cnc1CC(=O)OC(C)(C)C. The Bertz CT molecular complexity index is 1270. The number of rotatable bonds is 4. The number of carbonyl (C=O) groups excluding carboxylic acids is 4. The number of aryl methyl sites for hydroxylation is 2. The fraction of sp³-hybridized carbons (Fsp3) is 0.483. The van der Waals surface area contributed by atoms with Crippen molar-refractivity contribution in [1.82, 2.24) is 9.88 Å². The quantitative estimate of drug-likeness (QED) is 0.463. The lowest BCUT2D eigenvalue weighted by molar-refractivity contribution is -0.154. The van der Waals surface area contributed by atoms with Gasteiger partial charge in [-0.15, -0.1) is 0 Å². The van der Waals surface area contributed by atoms with Crippen molar-refractivity contribution in [1.29, 1.82) is 0 Å². The summed E-state index contributed by atoms with van der Waals surface area (Å²) in [5, 5.41) is 5.57. The first kappa shape index (κ1) is 27.3. The first-order valence-electron chi connectivity index (χ1n) is 13.1. The lowest BCUT2D eigenvalue weighted by Gasteiger charge is -2.39. The van der Waals surface area contributed by atoms with Gasteiger partial charge in [0.15, 0.2) is 0 Å². The number of amides is 3. The van der Waals surface area contributed by atoms with Gasteiger partial charge in [0.05, 0.1) is 30.0 Å². The monoisotopic (exact) mass is 520 g/mol. The minimum atomic E-state index is -0.726. The van der Waals surface area contributed by atoms with E-state index >= 15 is 0 Å². The van der Waals surface area contributed by atoms with Crippen LogP contribution in [0, 0.1) is 12.8 Å². The molecule has 0 aliphatic carbocycles. The highest BCUT2D eigenvalue weighted by atomic mass is 16.6. The van der Waals surface area contributed by atoms with E-state index in [1.54, 1.807) is 38.7 Å². The van der Waals surface area contributed by atoms with Crippen LogP contribution in [0.4, 0.5) is 11.4 Å². The van der Waals surface area contributed by atoms with Crippen molar-refractivity contribution in [2.45, 2.75) is 78.4 Å². The molecule has 4 rings (SSSR count). The summed E-state index contributed by atoms with van der Waals surface area (Å²) < 4.78 is 5.36. The molecule has 1 aromatic carbocycles. The molecule has 9 heteroatoms. The van der Waals surface area contributed by atoms with E-state index in [9.17, 15) is 19.2 Å². The number of piperidine rings is 1. The molecule has 0 radical (unpaired) electrons. The molecule has 38 heavy (non-hydrogen) atoms. The van der Waals surface area contributed by atoms with Crippen molar-refractivity contribution >= 4 is 35.1 Å². The number of pyridine rings is 1. The Balaban J connectivity index is 1.46. The van der Waals surface area contributed by atoms with Gasteiger partial charge >= 0.3 is 17.8 Å². The van der Waals surface area contributed by atoms with E-state index in [1.165, 1.54) is 6.20 Å². The maximum Gasteiger partial charge on any atom is 0.313 e. The first-order chi connectivity index (χ1) is 17.9. The van der Waals surface area contributed by atoms with E-state index in [0.717, 1.165) is 29.7 Å². The second-order valence-corrected chi connectivity index (χ2v) is 11.3. The molecule has 2 atom stereocenters. The van der Waals surface area contributed by atoms with Gasteiger partial charge in [0, 0.05) is 18.7 Å². The lowest BCUT2D eigenvalue weighted by atomic mass is 9.88. The van der Waals surface area contributed by atoms with Crippen LogP contribution in [-0.2, 0) is 36.8 Å². The van der Waals surface area contributed by atoms with E-state index in [0.29, 0.717) is 36.3 Å². The number of nitrogens with one attached hydrogen (secondary N) is 2. The summed E-state index contributed by atoms with van der Waals surface area (Å²) in [4.78, 5) is 56.3. The Morgan fingerprint density at radius 1 is 1.16 bits per heavy atom. The van der Waals surface area contributed by atoms with Crippen molar-refractivity contribution < 1.29 is 23.9 Å². The number of benzene rings is 1. The Kier molecular flexibility index (Phi) is 7.85. The highest BCUT2D eigenvalue weighted by Gasteiger charge is 2.35. The van der Waals surface area contributed by atoms with E-state index in [4.69, 9.17) is 4.74 Å². The van der Waals surface area contributed by atoms with Gasteiger partial charge in [-0.05, 0) is 81.7 Å². The molecule has 2 aliphatic heterocycles. The van der Waals surface area contributed by atoms with E-state index in [2.05, 4.69) is 22.5 Å². The van der Waals surface area contributed by atoms with Gasteiger partial charge in [0.25, 0.3) is 0 Å². The molecule has 1 aromatic heterocycles. The molecule has 0 spiro atoms. The zero-order valence-electron chi connectivity index (χ0n) is 22.7. The number of ether oxygens (including phenoxy) is 1. The van der Waals surface area contributed by atoms with Gasteiger partial charge in [-0.3, -0.25) is 24.2 Å². The molecule has 2 N–H and O–H groups in total. The molecule has 3 amide bonds. The lowest BCUT2D eigenvalue weighted by Crippen LogP contribution is -2.46. The van der Waals surface area contributed by atoms with Gasteiger partial charge in [0.1, 0.15) is 5.60 Å². The van der Waals surface area contributed by atoms with Crippen LogP contribution < -0.4 is 10.6 Å². The van der Waals surface area contributed by atoms with Crippen LogP contribution >= 0.6 is 0 Å². The van der Waals surface area contributed by atoms with Gasteiger partial charge < -0.3 is 20.3 Å². The average molecular weight is 521 g/mol. The maximum atomic E-state index is 13.4. The number of aromatic nitrogens is 1. The van der Waals surface area contributed by atoms with Gasteiger partial charge in [-0.2, -0.15) is 0 Å². The molecule has 9 nitrogen and oxygen atoms in total. The van der Waals surface area contributed by atoms with E-state index in [-0.39, 0.29) is 30.3 Å². The molecule has 202 valence electrons. The molecule has 1 fully saturated rings. The Hall–Kier alpha value is -3.75. The third-order valence-corrected chi connectivity index (χ3v) is 6.86. The summed E-state index contributed by atoms with van der Waals surface area (Å²) in [5.41, 5.74) is 3.90. The summed E-state index contributed by atoms with van der Waals surface area (Å²) in [7, 11) is 0. The van der Waals surface area contributed by atoms with Crippen LogP contribution in [0.15, 0.2) is 30.5 Å². The minimum absolute atomic E-state index is 0.00724. The van der Waals surface area contributed by atoms with E-state index in [1.807, 2.05) is 18.2 Å². The Morgan fingerprint density at radius 2 is 1.92 bits per heavy atom. The molecule has 2 unspecified atom stereocenters. The summed E-state index contributed by atoms with van der Waals surface area (Å²) in [6.45, 7) is 9.77. The topological polar surface area (TPSA) is 118 Å². The number of nitrogens with zero attached hydrogens (tertiary/aromatic N) is 2. The number of fused-ring (bicyclic) bond motifs is 1. The maximum absolute atomic E-state index is 13.4. The minimum Gasteiger partial charge on any atom is -0.460 e. The molecular formula is C29H36N4O5. The molecule has 2 aromatic rings. The zero-order valence-corrected chi connectivity index (χ0v) is 22.7. The molecule has 3 heterocycles. The summed E-state index contributed by atoms with van der Waals surface area (Å²) in [6.07, 6.45) is 4.27. The number of hydrogen-bond acceptors (Lipinski definition) is 6. The fourth-order valence-corrected chi connectivity index (χ4v) is 5.02. The van der Waals surface area contributed by atoms with Crippen LogP contribution in [0.5, 0.6) is 0 Å². The molecule has 0 saturated carbocycles. The van der Waals surface area contributed by atoms with Crippen LogP contribution in [0.3, 0.4) is 0 Å². The van der Waals surface area contributed by atoms with Crippen molar-refractivity contribution in [2.24, 2.45) is 5.92 Å². The van der Waals surface area contributed by atoms with Crippen LogP contribution in [0.2, 0.25) is 0 Å². The van der Waals surface area contributed by atoms with Crippen molar-refractivity contribution in [3.05, 3.63) is 52.8 Å². The van der Waals surface area contributed by atoms with Crippen molar-refractivity contribution in [3.63, 3.8) is 0 Å². The smallest absolute Gasteiger partial charge is 0.313 e. The number of hydrogen-bond donors (Lipinski definition) is 2. The largest absolute Gasteiger partial charge is 0.460 e. The van der Waals surface area contributed by atoms with Crippen molar-refractivity contribution in [3.8, 4) is 0 Å². The number of carbonyl (C=O) groups is 4. The van der Waals surface area contributed by atoms with Gasteiger partial charge in [0.2, 0.25) is 5.91 Å². The van der Waals surface area contributed by atoms with Gasteiger partial charge in [-0.25, -0.2) is 0 Å². The fourth-order valence-electron chi connectivity index (χ4n) is 5.02. The molecular weight excluding hydrogens is 484 g/mol. The summed E-state index contributed by atoms with van der Waals surface area (Å²) in [5.74, 6) is -1.42. The second-order valence-electron chi connectivity index (χ2n) is 11.3. The first-order valence-corrected chi connectivity index (χ1v) is 13.1. The molecule has 2 aliphatic rings. The predicted molar refractivity (Wildman–Crippen MR) is 143 cm³/mol. The standard InChI is InChI=1S/C29H36N4O5/c1-17-6-10-24(20-7-9-22-19(13-20)8-11-25(34)32-22)33(16-17)28(37)27(36)31-21-12-18(2)23(30-15-21)14-26(35)38-29(3,4)5/h7,9,12-13,15,17,24H,6,8,10-11,14,16H2,1-5H3,(H,31,36)(H,32,34). The average Bonchev–Trinajstić information content (AvgIpc) is 2.83. The zero-order chi connectivity index (χ0) is 27.6. The third kappa shape index (κ3) is 6.57. The third-order valence-electron chi connectivity index (χ3n) is 6.86. The number of esters is 1. The summed E-state index contributed by atoms with van der Waals surface area (Å²) >= 11 is 0. The highest BCUT2D eigenvalue weighted by Crippen LogP contribution is 2.36. The van der Waals surface area contributed by atoms with Crippen LogP contribution in [0.25, 0.3) is 0 Å². The van der Waals surface area contributed by atoms with Crippen LogP contribution in [0.1, 0.15) is 75.4 Å². The molecule has 1 saturated heterocycles. The predicted octanol–water partition coefficient (Wildman–Crippen LogP) is 4.10. The highest BCUT2D eigenvalue weighted by molar-refractivity contribution is 6.39. The number of likely N-dealkylation sites (tertiary alicyclic amines) is 1. The van der Waals surface area contributed by atoms with Crippen molar-refractivity contribution in [2.75, 3.05) is 17.2 Å². The second kappa shape index (κ2) is 10.9.